The Morgan fingerprint density at radius 2 is 2.22 bits per heavy atom. The third kappa shape index (κ3) is 3.69. The van der Waals surface area contributed by atoms with Gasteiger partial charge in [-0.25, -0.2) is 9.37 Å². The van der Waals surface area contributed by atoms with E-state index >= 15 is 0 Å². The third-order valence-electron chi connectivity index (χ3n) is 2.70. The second kappa shape index (κ2) is 6.53. The highest BCUT2D eigenvalue weighted by molar-refractivity contribution is 7.09. The lowest BCUT2D eigenvalue weighted by Gasteiger charge is -2.05. The SMILES string of the molecule is Cc1nc(-c2nnc(NC(=O)COc3ccccc3F)o2)cs1. The molecule has 3 aromatic rings. The first-order chi connectivity index (χ1) is 11.1. The Balaban J connectivity index is 1.58. The lowest BCUT2D eigenvalue weighted by Crippen LogP contribution is -2.20. The first-order valence-corrected chi connectivity index (χ1v) is 7.43. The summed E-state index contributed by atoms with van der Waals surface area (Å²) < 4.78 is 23.7. The van der Waals surface area contributed by atoms with Crippen LogP contribution in [-0.4, -0.2) is 27.7 Å². The molecular weight excluding hydrogens is 323 g/mol. The van der Waals surface area contributed by atoms with E-state index in [2.05, 4.69) is 20.5 Å². The van der Waals surface area contributed by atoms with Crippen LogP contribution in [0, 0.1) is 12.7 Å². The van der Waals surface area contributed by atoms with Gasteiger partial charge in [0.25, 0.3) is 11.8 Å². The molecule has 2 heterocycles. The van der Waals surface area contributed by atoms with E-state index < -0.39 is 11.7 Å². The Kier molecular flexibility index (Phi) is 4.29. The molecule has 0 aliphatic rings. The zero-order valence-electron chi connectivity index (χ0n) is 11.9. The van der Waals surface area contributed by atoms with Crippen LogP contribution < -0.4 is 10.1 Å². The van der Waals surface area contributed by atoms with Crippen molar-refractivity contribution in [1.82, 2.24) is 15.2 Å². The minimum Gasteiger partial charge on any atom is -0.481 e. The molecule has 0 unspecified atom stereocenters. The summed E-state index contributed by atoms with van der Waals surface area (Å²) in [6, 6.07) is 5.73. The summed E-state index contributed by atoms with van der Waals surface area (Å²) in [5, 5.41) is 12.5. The summed E-state index contributed by atoms with van der Waals surface area (Å²) in [6.07, 6.45) is 0. The number of nitrogens with zero attached hydrogens (tertiary/aromatic N) is 3. The number of aryl methyl sites for hydroxylation is 1. The van der Waals surface area contributed by atoms with Crippen LogP contribution in [-0.2, 0) is 4.79 Å². The number of amides is 1. The number of anilines is 1. The molecule has 0 saturated carbocycles. The molecule has 0 bridgehead atoms. The van der Waals surface area contributed by atoms with Crippen molar-refractivity contribution in [2.24, 2.45) is 0 Å². The molecule has 118 valence electrons. The molecule has 1 amide bonds. The van der Waals surface area contributed by atoms with Crippen LogP contribution in [0.3, 0.4) is 0 Å². The fraction of sp³-hybridized carbons (Fsp3) is 0.143. The summed E-state index contributed by atoms with van der Waals surface area (Å²) in [5.41, 5.74) is 0.545. The number of ether oxygens (including phenoxy) is 1. The molecule has 9 heteroatoms. The molecule has 23 heavy (non-hydrogen) atoms. The quantitative estimate of drug-likeness (QED) is 0.771. The van der Waals surface area contributed by atoms with Crippen LogP contribution in [0.5, 0.6) is 5.75 Å². The monoisotopic (exact) mass is 334 g/mol. The fourth-order valence-corrected chi connectivity index (χ4v) is 2.29. The molecule has 0 radical (unpaired) electrons. The van der Waals surface area contributed by atoms with Gasteiger partial charge in [-0.1, -0.05) is 17.2 Å². The maximum Gasteiger partial charge on any atom is 0.322 e. The number of hydrogen-bond donors (Lipinski definition) is 1. The van der Waals surface area contributed by atoms with Crippen molar-refractivity contribution in [2.45, 2.75) is 6.92 Å². The van der Waals surface area contributed by atoms with Crippen LogP contribution in [0.25, 0.3) is 11.6 Å². The van der Waals surface area contributed by atoms with Crippen LogP contribution in [0.4, 0.5) is 10.4 Å². The van der Waals surface area contributed by atoms with E-state index in [-0.39, 0.29) is 24.3 Å². The fourth-order valence-electron chi connectivity index (χ4n) is 1.70. The predicted molar refractivity (Wildman–Crippen MR) is 80.7 cm³/mol. The molecule has 1 aromatic carbocycles. The number of thiazole rings is 1. The average Bonchev–Trinajstić information content (AvgIpc) is 3.15. The normalized spacial score (nSPS) is 10.5. The zero-order chi connectivity index (χ0) is 16.2. The van der Waals surface area contributed by atoms with Gasteiger partial charge in [-0.05, 0) is 19.1 Å². The topological polar surface area (TPSA) is 90.1 Å². The molecule has 0 aliphatic carbocycles. The summed E-state index contributed by atoms with van der Waals surface area (Å²) in [7, 11) is 0. The molecule has 0 fully saturated rings. The Morgan fingerprint density at radius 1 is 1.39 bits per heavy atom. The van der Waals surface area contributed by atoms with Crippen LogP contribution >= 0.6 is 11.3 Å². The standard InChI is InChI=1S/C14H11FN4O3S/c1-8-16-10(7-23-8)13-18-19-14(22-13)17-12(20)6-21-11-5-3-2-4-9(11)15/h2-5,7H,6H2,1H3,(H,17,19,20). The largest absolute Gasteiger partial charge is 0.481 e. The predicted octanol–water partition coefficient (Wildman–Crippen LogP) is 2.66. The van der Waals surface area contributed by atoms with Gasteiger partial charge < -0.3 is 9.15 Å². The molecule has 0 saturated heterocycles. The summed E-state index contributed by atoms with van der Waals surface area (Å²) in [5.74, 6) is -0.885. The molecule has 3 rings (SSSR count). The highest BCUT2D eigenvalue weighted by Gasteiger charge is 2.14. The smallest absolute Gasteiger partial charge is 0.322 e. The van der Waals surface area contributed by atoms with Gasteiger partial charge in [0.15, 0.2) is 18.2 Å². The first kappa shape index (κ1) is 15.1. The number of aromatic nitrogens is 3. The number of benzene rings is 1. The van der Waals surface area contributed by atoms with Gasteiger partial charge in [0.1, 0.15) is 5.69 Å². The van der Waals surface area contributed by atoms with Crippen molar-refractivity contribution in [2.75, 3.05) is 11.9 Å². The van der Waals surface area contributed by atoms with Gasteiger partial charge in [0, 0.05) is 5.38 Å². The van der Waals surface area contributed by atoms with Crippen molar-refractivity contribution in [3.05, 3.63) is 40.5 Å². The third-order valence-corrected chi connectivity index (χ3v) is 3.48. The second-order valence-electron chi connectivity index (χ2n) is 4.43. The first-order valence-electron chi connectivity index (χ1n) is 6.55. The van der Waals surface area contributed by atoms with E-state index in [0.29, 0.717) is 5.69 Å². The molecular formula is C14H11FN4O3S. The number of halogens is 1. The maximum atomic E-state index is 13.4. The number of carbonyl (C=O) groups excluding carboxylic acids is 1. The van der Waals surface area contributed by atoms with E-state index in [0.717, 1.165) is 5.01 Å². The number of hydrogen-bond acceptors (Lipinski definition) is 7. The van der Waals surface area contributed by atoms with Crippen molar-refractivity contribution < 1.29 is 18.3 Å². The molecule has 0 atom stereocenters. The lowest BCUT2D eigenvalue weighted by molar-refractivity contribution is -0.118. The lowest BCUT2D eigenvalue weighted by atomic mass is 10.3. The van der Waals surface area contributed by atoms with Crippen LogP contribution in [0.1, 0.15) is 5.01 Å². The summed E-state index contributed by atoms with van der Waals surface area (Å²) >= 11 is 1.45. The van der Waals surface area contributed by atoms with Crippen molar-refractivity contribution in [3.63, 3.8) is 0 Å². The van der Waals surface area contributed by atoms with E-state index in [9.17, 15) is 9.18 Å². The van der Waals surface area contributed by atoms with Crippen molar-refractivity contribution in [1.29, 1.82) is 0 Å². The van der Waals surface area contributed by atoms with Crippen LogP contribution in [0.15, 0.2) is 34.1 Å². The van der Waals surface area contributed by atoms with E-state index in [4.69, 9.17) is 9.15 Å². The number of nitrogens with one attached hydrogen (secondary N) is 1. The summed E-state index contributed by atoms with van der Waals surface area (Å²) in [4.78, 5) is 15.9. The molecule has 7 nitrogen and oxygen atoms in total. The average molecular weight is 334 g/mol. The van der Waals surface area contributed by atoms with Crippen molar-refractivity contribution >= 4 is 23.3 Å². The minimum absolute atomic E-state index is 0.00758. The van der Waals surface area contributed by atoms with Gasteiger partial charge in [-0.3, -0.25) is 10.1 Å². The zero-order valence-corrected chi connectivity index (χ0v) is 12.8. The Hall–Kier alpha value is -2.81. The van der Waals surface area contributed by atoms with Gasteiger partial charge in [-0.15, -0.1) is 16.4 Å². The second-order valence-corrected chi connectivity index (χ2v) is 5.49. The van der Waals surface area contributed by atoms with E-state index in [1.165, 1.54) is 29.5 Å². The molecule has 0 spiro atoms. The highest BCUT2D eigenvalue weighted by Crippen LogP contribution is 2.21. The molecule has 2 aromatic heterocycles. The maximum absolute atomic E-state index is 13.4. The van der Waals surface area contributed by atoms with Gasteiger partial charge in [0.2, 0.25) is 0 Å². The van der Waals surface area contributed by atoms with E-state index in [1.807, 2.05) is 6.92 Å². The van der Waals surface area contributed by atoms with E-state index in [1.54, 1.807) is 11.4 Å². The van der Waals surface area contributed by atoms with Gasteiger partial charge in [-0.2, -0.15) is 0 Å². The van der Waals surface area contributed by atoms with Crippen LogP contribution in [0.2, 0.25) is 0 Å². The minimum atomic E-state index is -0.544. The van der Waals surface area contributed by atoms with Gasteiger partial charge in [0.05, 0.1) is 5.01 Å². The molecule has 0 aliphatic heterocycles. The Morgan fingerprint density at radius 3 is 2.96 bits per heavy atom. The number of carbonyl (C=O) groups is 1. The summed E-state index contributed by atoms with van der Waals surface area (Å²) in [6.45, 7) is 1.47. The Labute approximate surface area is 134 Å². The molecule has 1 N–H and O–H groups in total. The number of rotatable bonds is 5. The van der Waals surface area contributed by atoms with Crippen molar-refractivity contribution in [3.8, 4) is 17.3 Å². The highest BCUT2D eigenvalue weighted by atomic mass is 32.1. The number of para-hydroxylation sites is 1. The van der Waals surface area contributed by atoms with Gasteiger partial charge >= 0.3 is 6.01 Å². The Bertz CT molecular complexity index is 833.